The molecule has 0 saturated carbocycles. The first-order valence-electron chi connectivity index (χ1n) is 10.3. The molecular formula is C20H40N2. The maximum atomic E-state index is 2.88. The van der Waals surface area contributed by atoms with Crippen molar-refractivity contribution in [2.24, 2.45) is 0 Å². The van der Waals surface area contributed by atoms with Crippen LogP contribution in [0.4, 0.5) is 0 Å². The number of hydrogen-bond donors (Lipinski definition) is 0. The fourth-order valence-electron chi connectivity index (χ4n) is 4.56. The summed E-state index contributed by atoms with van der Waals surface area (Å²) in [6.07, 6.45) is 17.0. The smallest absolute Gasteiger partial charge is 0.0251 e. The lowest BCUT2D eigenvalue weighted by molar-refractivity contribution is 0.0423. The first kappa shape index (κ1) is 18.3. The highest BCUT2D eigenvalue weighted by Crippen LogP contribution is 2.27. The summed E-state index contributed by atoms with van der Waals surface area (Å²) in [4.78, 5) is 5.77. The molecule has 2 aliphatic heterocycles. The van der Waals surface area contributed by atoms with Crippen molar-refractivity contribution in [1.29, 1.82) is 0 Å². The molecule has 2 atom stereocenters. The molecular weight excluding hydrogens is 268 g/mol. The molecule has 0 bridgehead atoms. The van der Waals surface area contributed by atoms with Crippen LogP contribution in [0.5, 0.6) is 0 Å². The number of rotatable bonds is 9. The van der Waals surface area contributed by atoms with Gasteiger partial charge in [0, 0.05) is 12.1 Å². The Kier molecular flexibility index (Phi) is 8.84. The van der Waals surface area contributed by atoms with Gasteiger partial charge in [-0.15, -0.1) is 0 Å². The van der Waals surface area contributed by atoms with E-state index in [1.54, 1.807) is 0 Å². The maximum absolute atomic E-state index is 2.88. The fourth-order valence-corrected chi connectivity index (χ4v) is 4.56. The molecule has 130 valence electrons. The van der Waals surface area contributed by atoms with Crippen LogP contribution in [-0.2, 0) is 0 Å². The van der Waals surface area contributed by atoms with Gasteiger partial charge in [-0.1, -0.05) is 52.4 Å². The lowest BCUT2D eigenvalue weighted by Crippen LogP contribution is -2.54. The summed E-state index contributed by atoms with van der Waals surface area (Å²) >= 11 is 0. The SMILES string of the molecule is CCCC[C@H]([C@@H](CCCC)N1CCCCC1)N1CCCCC1. The van der Waals surface area contributed by atoms with Crippen LogP contribution >= 0.6 is 0 Å². The van der Waals surface area contributed by atoms with E-state index < -0.39 is 0 Å². The lowest BCUT2D eigenvalue weighted by Gasteiger charge is -2.45. The van der Waals surface area contributed by atoms with Crippen LogP contribution in [-0.4, -0.2) is 48.1 Å². The van der Waals surface area contributed by atoms with Gasteiger partial charge in [0.15, 0.2) is 0 Å². The van der Waals surface area contributed by atoms with E-state index in [0.717, 1.165) is 12.1 Å². The highest BCUT2D eigenvalue weighted by molar-refractivity contribution is 4.89. The van der Waals surface area contributed by atoms with E-state index in [-0.39, 0.29) is 0 Å². The number of unbranched alkanes of at least 4 members (excludes halogenated alkanes) is 2. The van der Waals surface area contributed by atoms with E-state index in [9.17, 15) is 0 Å². The summed E-state index contributed by atoms with van der Waals surface area (Å²) < 4.78 is 0. The molecule has 2 heterocycles. The molecule has 0 unspecified atom stereocenters. The fraction of sp³-hybridized carbons (Fsp3) is 1.00. The first-order chi connectivity index (χ1) is 10.9. The molecule has 22 heavy (non-hydrogen) atoms. The van der Waals surface area contributed by atoms with Crippen LogP contribution in [0.2, 0.25) is 0 Å². The van der Waals surface area contributed by atoms with Gasteiger partial charge < -0.3 is 0 Å². The molecule has 2 nitrogen and oxygen atoms in total. The van der Waals surface area contributed by atoms with Gasteiger partial charge in [0.2, 0.25) is 0 Å². The zero-order valence-electron chi connectivity index (χ0n) is 15.4. The summed E-state index contributed by atoms with van der Waals surface area (Å²) in [5.74, 6) is 0. The number of nitrogens with zero attached hydrogens (tertiary/aromatic N) is 2. The Bertz CT molecular complexity index is 239. The molecule has 0 aromatic carbocycles. The van der Waals surface area contributed by atoms with Crippen LogP contribution in [0.25, 0.3) is 0 Å². The van der Waals surface area contributed by atoms with Crippen molar-refractivity contribution in [2.45, 2.75) is 103 Å². The highest BCUT2D eigenvalue weighted by Gasteiger charge is 2.32. The van der Waals surface area contributed by atoms with Gasteiger partial charge in [-0.2, -0.15) is 0 Å². The van der Waals surface area contributed by atoms with E-state index in [4.69, 9.17) is 0 Å². The molecule has 0 aliphatic carbocycles. The lowest BCUT2D eigenvalue weighted by atomic mass is 9.91. The summed E-state index contributed by atoms with van der Waals surface area (Å²) in [7, 11) is 0. The molecule has 0 N–H and O–H groups in total. The summed E-state index contributed by atoms with van der Waals surface area (Å²) in [6, 6.07) is 1.68. The minimum Gasteiger partial charge on any atom is -0.299 e. The normalized spacial score (nSPS) is 24.3. The summed E-state index contributed by atoms with van der Waals surface area (Å²) in [5.41, 5.74) is 0. The molecule has 0 spiro atoms. The van der Waals surface area contributed by atoms with Crippen LogP contribution in [0, 0.1) is 0 Å². The molecule has 0 aromatic heterocycles. The predicted octanol–water partition coefficient (Wildman–Crippen LogP) is 5.08. The first-order valence-corrected chi connectivity index (χ1v) is 10.3. The van der Waals surface area contributed by atoms with E-state index in [2.05, 4.69) is 23.6 Å². The van der Waals surface area contributed by atoms with Gasteiger partial charge in [-0.25, -0.2) is 0 Å². The molecule has 2 saturated heterocycles. The molecule has 0 amide bonds. The van der Waals surface area contributed by atoms with Crippen LogP contribution in [0.15, 0.2) is 0 Å². The van der Waals surface area contributed by atoms with E-state index >= 15 is 0 Å². The minimum absolute atomic E-state index is 0.838. The molecule has 0 radical (unpaired) electrons. The second kappa shape index (κ2) is 10.6. The van der Waals surface area contributed by atoms with Crippen molar-refractivity contribution < 1.29 is 0 Å². The van der Waals surface area contributed by atoms with Gasteiger partial charge in [0.25, 0.3) is 0 Å². The second-order valence-electron chi connectivity index (χ2n) is 7.61. The zero-order chi connectivity index (χ0) is 15.6. The van der Waals surface area contributed by atoms with Crippen molar-refractivity contribution in [3.8, 4) is 0 Å². The third-order valence-corrected chi connectivity index (χ3v) is 5.87. The third kappa shape index (κ3) is 5.53. The Morgan fingerprint density at radius 2 is 0.955 bits per heavy atom. The van der Waals surface area contributed by atoms with Gasteiger partial charge >= 0.3 is 0 Å². The summed E-state index contributed by atoms with van der Waals surface area (Å²) in [6.45, 7) is 10.2. The minimum atomic E-state index is 0.838. The van der Waals surface area contributed by atoms with E-state index in [0.29, 0.717) is 0 Å². The molecule has 2 aliphatic rings. The Labute approximate surface area is 139 Å². The van der Waals surface area contributed by atoms with E-state index in [1.807, 2.05) is 0 Å². The summed E-state index contributed by atoms with van der Waals surface area (Å²) in [5, 5.41) is 0. The van der Waals surface area contributed by atoms with Crippen molar-refractivity contribution in [3.63, 3.8) is 0 Å². The number of likely N-dealkylation sites (tertiary alicyclic amines) is 2. The van der Waals surface area contributed by atoms with Crippen molar-refractivity contribution >= 4 is 0 Å². The highest BCUT2D eigenvalue weighted by atomic mass is 15.2. The quantitative estimate of drug-likeness (QED) is 0.586. The average Bonchev–Trinajstić information content (AvgIpc) is 2.59. The van der Waals surface area contributed by atoms with Crippen LogP contribution in [0.1, 0.15) is 90.9 Å². The zero-order valence-corrected chi connectivity index (χ0v) is 15.4. The Morgan fingerprint density at radius 1 is 0.591 bits per heavy atom. The largest absolute Gasteiger partial charge is 0.299 e. The van der Waals surface area contributed by atoms with Crippen molar-refractivity contribution in [2.75, 3.05) is 26.2 Å². The average molecular weight is 309 g/mol. The molecule has 2 rings (SSSR count). The Morgan fingerprint density at radius 3 is 1.27 bits per heavy atom. The van der Waals surface area contributed by atoms with Crippen LogP contribution in [0.3, 0.4) is 0 Å². The molecule has 2 heteroatoms. The van der Waals surface area contributed by atoms with Crippen LogP contribution < -0.4 is 0 Å². The number of hydrogen-bond acceptors (Lipinski definition) is 2. The van der Waals surface area contributed by atoms with E-state index in [1.165, 1.54) is 103 Å². The predicted molar refractivity (Wildman–Crippen MR) is 97.5 cm³/mol. The Hall–Kier alpha value is -0.0800. The third-order valence-electron chi connectivity index (χ3n) is 5.87. The molecule has 0 aromatic rings. The molecule has 2 fully saturated rings. The topological polar surface area (TPSA) is 6.48 Å². The standard InChI is InChI=1S/C20H40N2/c1-3-5-13-19(21-15-9-7-10-16-21)20(14-6-4-2)22-17-11-8-12-18-22/h19-20H,3-18H2,1-2H3/t19-,20-/m1/s1. The van der Waals surface area contributed by atoms with Gasteiger partial charge in [0.05, 0.1) is 0 Å². The van der Waals surface area contributed by atoms with Gasteiger partial charge in [-0.3, -0.25) is 9.80 Å². The van der Waals surface area contributed by atoms with Crippen molar-refractivity contribution in [1.82, 2.24) is 9.80 Å². The monoisotopic (exact) mass is 308 g/mol. The van der Waals surface area contributed by atoms with Gasteiger partial charge in [0.1, 0.15) is 0 Å². The maximum Gasteiger partial charge on any atom is 0.0251 e. The van der Waals surface area contributed by atoms with Gasteiger partial charge in [-0.05, 0) is 64.7 Å². The Balaban J connectivity index is 2.05. The van der Waals surface area contributed by atoms with Crippen molar-refractivity contribution in [3.05, 3.63) is 0 Å². The number of piperidine rings is 2. The second-order valence-corrected chi connectivity index (χ2v) is 7.61.